The number of nitrogens with zero attached hydrogens (tertiary/aromatic N) is 5. The van der Waals surface area contributed by atoms with Gasteiger partial charge in [0.15, 0.2) is 5.65 Å². The molecule has 0 saturated carbocycles. The summed E-state index contributed by atoms with van der Waals surface area (Å²) in [7, 11) is 3.94. The lowest BCUT2D eigenvalue weighted by atomic mass is 9.93. The quantitative estimate of drug-likeness (QED) is 0.916. The number of fused-ring (bicyclic) bond motifs is 1. The van der Waals surface area contributed by atoms with Crippen LogP contribution in [0.1, 0.15) is 19.7 Å². The summed E-state index contributed by atoms with van der Waals surface area (Å²) in [6, 6.07) is 3.05. The van der Waals surface area contributed by atoms with E-state index in [1.165, 1.54) is 6.07 Å². The maximum absolute atomic E-state index is 12.8. The third kappa shape index (κ3) is 3.85. The lowest BCUT2D eigenvalue weighted by Crippen LogP contribution is -2.34. The molecule has 0 aliphatic rings. The highest BCUT2D eigenvalue weighted by molar-refractivity contribution is 5.44. The molecule has 6 nitrogen and oxygen atoms in total. The van der Waals surface area contributed by atoms with Gasteiger partial charge in [0.1, 0.15) is 5.82 Å². The fraction of sp³-hybridized carbons (Fsp3) is 0.615. The SMILES string of the molecule is CN(C)CC(C)(C)CNc1ccc2nnc(C(F)(F)F)n2n1. The molecule has 0 unspecified atom stereocenters. The van der Waals surface area contributed by atoms with Crippen LogP contribution in [-0.2, 0) is 6.18 Å². The number of alkyl halides is 3. The molecule has 0 aromatic carbocycles. The monoisotopic (exact) mass is 316 g/mol. The Morgan fingerprint density at radius 2 is 1.86 bits per heavy atom. The van der Waals surface area contributed by atoms with Crippen LogP contribution in [0.15, 0.2) is 12.1 Å². The van der Waals surface area contributed by atoms with Gasteiger partial charge >= 0.3 is 6.18 Å². The first-order chi connectivity index (χ1) is 10.1. The Balaban J connectivity index is 2.19. The molecule has 2 heterocycles. The zero-order chi connectivity index (χ0) is 16.5. The van der Waals surface area contributed by atoms with Crippen LogP contribution in [-0.4, -0.2) is 51.9 Å². The zero-order valence-electron chi connectivity index (χ0n) is 12.9. The molecule has 0 fully saturated rings. The van der Waals surface area contributed by atoms with E-state index in [2.05, 4.69) is 39.4 Å². The van der Waals surface area contributed by atoms with E-state index in [-0.39, 0.29) is 11.1 Å². The van der Waals surface area contributed by atoms with Gasteiger partial charge in [-0.25, -0.2) is 0 Å². The Kier molecular flexibility index (Phi) is 4.28. The Morgan fingerprint density at radius 3 is 2.45 bits per heavy atom. The Bertz CT molecular complexity index is 647. The van der Waals surface area contributed by atoms with E-state index >= 15 is 0 Å². The van der Waals surface area contributed by atoms with Gasteiger partial charge in [-0.3, -0.25) is 0 Å². The van der Waals surface area contributed by atoms with Gasteiger partial charge in [0.2, 0.25) is 0 Å². The van der Waals surface area contributed by atoms with Gasteiger partial charge in [0, 0.05) is 13.1 Å². The van der Waals surface area contributed by atoms with Crippen molar-refractivity contribution < 1.29 is 13.2 Å². The minimum absolute atomic E-state index is 0.0554. The first-order valence-electron chi connectivity index (χ1n) is 6.77. The van der Waals surface area contributed by atoms with Crippen LogP contribution in [0.5, 0.6) is 0 Å². The summed E-state index contributed by atoms with van der Waals surface area (Å²) in [5.74, 6) is -0.775. The lowest BCUT2D eigenvalue weighted by molar-refractivity contribution is -0.146. The number of nitrogens with one attached hydrogen (secondary N) is 1. The summed E-state index contributed by atoms with van der Waals surface area (Å²) in [5, 5.41) is 13.6. The number of hydrogen-bond donors (Lipinski definition) is 1. The lowest BCUT2D eigenvalue weighted by Gasteiger charge is -2.28. The topological polar surface area (TPSA) is 58.3 Å². The number of anilines is 1. The Labute approximate surface area is 126 Å². The van der Waals surface area contributed by atoms with Crippen molar-refractivity contribution in [3.8, 4) is 0 Å². The number of halogens is 3. The molecule has 0 aliphatic carbocycles. The van der Waals surface area contributed by atoms with Crippen molar-refractivity contribution in [1.82, 2.24) is 24.7 Å². The van der Waals surface area contributed by atoms with Crippen molar-refractivity contribution in [1.29, 1.82) is 0 Å². The second kappa shape index (κ2) is 5.71. The molecule has 1 N–H and O–H groups in total. The number of rotatable bonds is 5. The highest BCUT2D eigenvalue weighted by Crippen LogP contribution is 2.27. The van der Waals surface area contributed by atoms with Crippen molar-refractivity contribution in [2.24, 2.45) is 5.41 Å². The molecule has 0 bridgehead atoms. The van der Waals surface area contributed by atoms with E-state index < -0.39 is 12.0 Å². The normalized spacial score (nSPS) is 13.1. The van der Waals surface area contributed by atoms with Crippen LogP contribution < -0.4 is 5.32 Å². The summed E-state index contributed by atoms with van der Waals surface area (Å²) >= 11 is 0. The van der Waals surface area contributed by atoms with Gasteiger partial charge in [-0.2, -0.15) is 17.7 Å². The first-order valence-corrected chi connectivity index (χ1v) is 6.77. The predicted octanol–water partition coefficient (Wildman–Crippen LogP) is 2.14. The van der Waals surface area contributed by atoms with Crippen molar-refractivity contribution in [2.45, 2.75) is 20.0 Å². The molecule has 22 heavy (non-hydrogen) atoms. The van der Waals surface area contributed by atoms with Crippen molar-refractivity contribution >= 4 is 11.5 Å². The molecule has 0 atom stereocenters. The second-order valence-electron chi connectivity index (χ2n) is 6.27. The fourth-order valence-electron chi connectivity index (χ4n) is 2.30. The average Bonchev–Trinajstić information content (AvgIpc) is 2.77. The van der Waals surface area contributed by atoms with Crippen LogP contribution in [0.3, 0.4) is 0 Å². The first kappa shape index (κ1) is 16.5. The number of hydrogen-bond acceptors (Lipinski definition) is 5. The highest BCUT2D eigenvalue weighted by atomic mass is 19.4. The molecule has 2 aromatic rings. The summed E-state index contributed by atoms with van der Waals surface area (Å²) in [6.45, 7) is 5.55. The van der Waals surface area contributed by atoms with Crippen LogP contribution >= 0.6 is 0 Å². The van der Waals surface area contributed by atoms with Gasteiger partial charge in [0.25, 0.3) is 5.82 Å². The molecule has 0 spiro atoms. The third-order valence-corrected chi connectivity index (χ3v) is 3.01. The molecule has 0 amide bonds. The molecule has 2 rings (SSSR count). The summed E-state index contributed by atoms with van der Waals surface area (Å²) in [5.41, 5.74) is 0.00521. The van der Waals surface area contributed by atoms with E-state index in [4.69, 9.17) is 0 Å². The molecule has 0 saturated heterocycles. The highest BCUT2D eigenvalue weighted by Gasteiger charge is 2.37. The Morgan fingerprint density at radius 1 is 1.18 bits per heavy atom. The van der Waals surface area contributed by atoms with Crippen molar-refractivity contribution in [2.75, 3.05) is 32.5 Å². The van der Waals surface area contributed by atoms with Crippen LogP contribution in [0.4, 0.5) is 19.0 Å². The minimum atomic E-state index is -4.59. The Hall–Kier alpha value is -1.90. The van der Waals surface area contributed by atoms with E-state index in [0.717, 1.165) is 6.54 Å². The van der Waals surface area contributed by atoms with Crippen LogP contribution in [0.2, 0.25) is 0 Å². The van der Waals surface area contributed by atoms with E-state index in [1.54, 1.807) is 6.07 Å². The van der Waals surface area contributed by atoms with Crippen molar-refractivity contribution in [3.63, 3.8) is 0 Å². The fourth-order valence-corrected chi connectivity index (χ4v) is 2.30. The number of aromatic nitrogens is 4. The van der Waals surface area contributed by atoms with Gasteiger partial charge in [-0.15, -0.1) is 15.3 Å². The molecular weight excluding hydrogens is 297 g/mol. The smallest absolute Gasteiger partial charge is 0.368 e. The minimum Gasteiger partial charge on any atom is -0.368 e. The third-order valence-electron chi connectivity index (χ3n) is 3.01. The molecule has 2 aromatic heterocycles. The van der Waals surface area contributed by atoms with Crippen LogP contribution in [0.25, 0.3) is 5.65 Å². The van der Waals surface area contributed by atoms with Crippen LogP contribution in [0, 0.1) is 5.41 Å². The van der Waals surface area contributed by atoms with E-state index in [1.807, 2.05) is 14.1 Å². The van der Waals surface area contributed by atoms with E-state index in [9.17, 15) is 13.2 Å². The molecule has 0 aliphatic heterocycles. The molecular formula is C13H19F3N6. The maximum Gasteiger partial charge on any atom is 0.453 e. The summed E-state index contributed by atoms with van der Waals surface area (Å²) in [6.07, 6.45) is -4.59. The summed E-state index contributed by atoms with van der Waals surface area (Å²) < 4.78 is 39.1. The molecule has 0 radical (unpaired) electrons. The van der Waals surface area contributed by atoms with Gasteiger partial charge in [0.05, 0.1) is 0 Å². The predicted molar refractivity (Wildman–Crippen MR) is 76.6 cm³/mol. The standard InChI is InChI=1S/C13H19F3N6/c1-12(2,8-21(3)4)7-17-9-5-6-10-18-19-11(13(14,15)16)22(10)20-9/h5-6H,7-8H2,1-4H3,(H,17,20). The van der Waals surface area contributed by atoms with E-state index in [0.29, 0.717) is 16.9 Å². The molecule has 9 heteroatoms. The second-order valence-corrected chi connectivity index (χ2v) is 6.27. The average molecular weight is 316 g/mol. The summed E-state index contributed by atoms with van der Waals surface area (Å²) in [4.78, 5) is 2.06. The van der Waals surface area contributed by atoms with Gasteiger partial charge in [-0.05, 0) is 31.6 Å². The largest absolute Gasteiger partial charge is 0.453 e. The maximum atomic E-state index is 12.8. The molecule has 122 valence electrons. The van der Waals surface area contributed by atoms with Crippen molar-refractivity contribution in [3.05, 3.63) is 18.0 Å². The van der Waals surface area contributed by atoms with Gasteiger partial charge in [-0.1, -0.05) is 13.8 Å². The zero-order valence-corrected chi connectivity index (χ0v) is 12.9. The van der Waals surface area contributed by atoms with Gasteiger partial charge < -0.3 is 10.2 Å².